The Bertz CT molecular complexity index is 595. The van der Waals surface area contributed by atoms with Gasteiger partial charge in [0.15, 0.2) is 0 Å². The van der Waals surface area contributed by atoms with Gasteiger partial charge in [0.05, 0.1) is 6.61 Å². The normalized spacial score (nSPS) is 13.5. The molecule has 0 fully saturated rings. The third-order valence-corrected chi connectivity index (χ3v) is 2.88. The zero-order valence-electron chi connectivity index (χ0n) is 10.3. The van der Waals surface area contributed by atoms with Crippen LogP contribution in [0, 0.1) is 0 Å². The molecule has 0 spiro atoms. The van der Waals surface area contributed by atoms with E-state index in [1.54, 1.807) is 12.3 Å². The van der Waals surface area contributed by atoms with Crippen LogP contribution in [0.5, 0.6) is 0 Å². The van der Waals surface area contributed by atoms with Crippen molar-refractivity contribution in [2.45, 2.75) is 18.9 Å². The Kier molecular flexibility index (Phi) is 3.53. The molecule has 19 heavy (non-hydrogen) atoms. The zero-order chi connectivity index (χ0) is 14.0. The van der Waals surface area contributed by atoms with Gasteiger partial charge in [-0.05, 0) is 30.0 Å². The minimum absolute atomic E-state index is 0.114. The highest BCUT2D eigenvalue weighted by Gasteiger charge is 2.47. The van der Waals surface area contributed by atoms with Crippen molar-refractivity contribution >= 4 is 16.9 Å². The molecular weight excluding hydrogens is 254 g/mol. The first kappa shape index (κ1) is 13.5. The van der Waals surface area contributed by atoms with Crippen LogP contribution < -0.4 is 5.73 Å². The zero-order valence-corrected chi connectivity index (χ0v) is 10.3. The number of aromatic amines is 1. The van der Waals surface area contributed by atoms with Crippen LogP contribution in [-0.4, -0.2) is 23.5 Å². The topological polar surface area (TPSA) is 68.1 Å². The van der Waals surface area contributed by atoms with Gasteiger partial charge < -0.3 is 15.5 Å². The Balaban J connectivity index is 2.31. The maximum absolute atomic E-state index is 13.8. The summed E-state index contributed by atoms with van der Waals surface area (Å²) in [4.78, 5) is 14.1. The second-order valence-electron chi connectivity index (χ2n) is 4.15. The van der Waals surface area contributed by atoms with E-state index in [4.69, 9.17) is 5.73 Å². The Hall–Kier alpha value is -1.95. The van der Waals surface area contributed by atoms with E-state index in [1.807, 2.05) is 6.07 Å². The number of alkyl halides is 2. The summed E-state index contributed by atoms with van der Waals surface area (Å²) >= 11 is 0. The molecule has 1 aromatic carbocycles. The number of carbonyl (C=O) groups excluding carboxylic acids is 1. The largest absolute Gasteiger partial charge is 0.462 e. The van der Waals surface area contributed by atoms with Crippen LogP contribution in [0.15, 0.2) is 30.5 Å². The number of nitrogens with one attached hydrogen (secondary N) is 1. The van der Waals surface area contributed by atoms with Gasteiger partial charge in [0.2, 0.25) is 0 Å². The van der Waals surface area contributed by atoms with E-state index >= 15 is 0 Å². The lowest BCUT2D eigenvalue weighted by Gasteiger charge is -2.21. The molecule has 0 aliphatic carbocycles. The molecular formula is C13H14F2N2O2. The van der Waals surface area contributed by atoms with E-state index in [0.717, 1.165) is 5.39 Å². The van der Waals surface area contributed by atoms with Crippen molar-refractivity contribution in [3.05, 3.63) is 36.0 Å². The number of carbonyl (C=O) groups is 1. The monoisotopic (exact) mass is 268 g/mol. The number of esters is 1. The van der Waals surface area contributed by atoms with Crippen LogP contribution in [0.4, 0.5) is 8.78 Å². The minimum Gasteiger partial charge on any atom is -0.462 e. The smallest absolute Gasteiger partial charge is 0.379 e. The van der Waals surface area contributed by atoms with Crippen LogP contribution in [0.1, 0.15) is 18.5 Å². The highest BCUT2D eigenvalue weighted by atomic mass is 19.3. The van der Waals surface area contributed by atoms with E-state index in [-0.39, 0.29) is 12.2 Å². The van der Waals surface area contributed by atoms with Crippen molar-refractivity contribution in [1.29, 1.82) is 0 Å². The molecule has 6 heteroatoms. The fraction of sp³-hybridized carbons (Fsp3) is 0.308. The highest BCUT2D eigenvalue weighted by molar-refractivity contribution is 5.82. The Morgan fingerprint density at radius 3 is 2.89 bits per heavy atom. The number of benzene rings is 1. The highest BCUT2D eigenvalue weighted by Crippen LogP contribution is 2.31. The third kappa shape index (κ3) is 2.44. The molecule has 0 unspecified atom stereocenters. The first-order chi connectivity index (χ1) is 8.96. The molecule has 1 aromatic heterocycles. The number of H-pyrrole nitrogens is 1. The number of ether oxygens (including phenoxy) is 1. The molecule has 3 N–H and O–H groups in total. The number of hydrogen-bond acceptors (Lipinski definition) is 3. The average Bonchev–Trinajstić information content (AvgIpc) is 2.85. The number of rotatable bonds is 4. The first-order valence-electron chi connectivity index (χ1n) is 5.84. The van der Waals surface area contributed by atoms with Gasteiger partial charge in [0.1, 0.15) is 6.04 Å². The molecule has 0 saturated carbocycles. The fourth-order valence-corrected chi connectivity index (χ4v) is 1.82. The summed E-state index contributed by atoms with van der Waals surface area (Å²) in [6.45, 7) is 1.35. The lowest BCUT2D eigenvalue weighted by atomic mass is 10.0. The average molecular weight is 268 g/mol. The lowest BCUT2D eigenvalue weighted by molar-refractivity contribution is -0.174. The van der Waals surface area contributed by atoms with Crippen molar-refractivity contribution in [2.75, 3.05) is 6.61 Å². The van der Waals surface area contributed by atoms with Crippen LogP contribution >= 0.6 is 0 Å². The number of aromatic nitrogens is 1. The fourth-order valence-electron chi connectivity index (χ4n) is 1.82. The van der Waals surface area contributed by atoms with Crippen LogP contribution in [0.25, 0.3) is 10.9 Å². The Morgan fingerprint density at radius 1 is 1.47 bits per heavy atom. The molecule has 0 amide bonds. The van der Waals surface area contributed by atoms with Crippen molar-refractivity contribution in [3.63, 3.8) is 0 Å². The maximum Gasteiger partial charge on any atom is 0.379 e. The maximum atomic E-state index is 13.8. The van der Waals surface area contributed by atoms with Gasteiger partial charge in [-0.15, -0.1) is 0 Å². The summed E-state index contributed by atoms with van der Waals surface area (Å²) in [5.74, 6) is -5.36. The second kappa shape index (κ2) is 4.97. The van der Waals surface area contributed by atoms with Crippen LogP contribution in [-0.2, 0) is 9.53 Å². The van der Waals surface area contributed by atoms with Crippen molar-refractivity contribution in [1.82, 2.24) is 4.98 Å². The molecule has 2 rings (SSSR count). The predicted octanol–water partition coefficient (Wildman–Crippen LogP) is 2.37. The first-order valence-corrected chi connectivity index (χ1v) is 5.84. The molecule has 1 atom stereocenters. The molecule has 102 valence electrons. The van der Waals surface area contributed by atoms with Gasteiger partial charge in [-0.3, -0.25) is 0 Å². The van der Waals surface area contributed by atoms with Crippen LogP contribution in [0.3, 0.4) is 0 Å². The van der Waals surface area contributed by atoms with Gasteiger partial charge in [0, 0.05) is 11.7 Å². The molecule has 0 aliphatic heterocycles. The number of fused-ring (bicyclic) bond motifs is 1. The molecule has 0 bridgehead atoms. The van der Waals surface area contributed by atoms with Crippen molar-refractivity contribution in [2.24, 2.45) is 5.73 Å². The molecule has 2 aromatic rings. The van der Waals surface area contributed by atoms with E-state index in [2.05, 4.69) is 9.72 Å². The minimum atomic E-state index is -3.75. The van der Waals surface area contributed by atoms with E-state index in [0.29, 0.717) is 5.52 Å². The second-order valence-corrected chi connectivity index (χ2v) is 4.15. The van der Waals surface area contributed by atoms with Crippen LogP contribution in [0.2, 0.25) is 0 Å². The summed E-state index contributed by atoms with van der Waals surface area (Å²) in [7, 11) is 0. The molecule has 0 aliphatic rings. The SMILES string of the molecule is CCOC(=O)C(F)(F)[C@@H](N)c1ccc2cc[nH]c2c1. The van der Waals surface area contributed by atoms with Gasteiger partial charge >= 0.3 is 11.9 Å². The Labute approximate surface area is 108 Å². The predicted molar refractivity (Wildman–Crippen MR) is 66.8 cm³/mol. The van der Waals surface area contributed by atoms with Crippen molar-refractivity contribution < 1.29 is 18.3 Å². The molecule has 0 radical (unpaired) electrons. The Morgan fingerprint density at radius 2 is 2.21 bits per heavy atom. The summed E-state index contributed by atoms with van der Waals surface area (Å²) in [6, 6.07) is 4.73. The van der Waals surface area contributed by atoms with Gasteiger partial charge in [0.25, 0.3) is 0 Å². The van der Waals surface area contributed by atoms with E-state index < -0.39 is 17.9 Å². The van der Waals surface area contributed by atoms with E-state index in [9.17, 15) is 13.6 Å². The summed E-state index contributed by atoms with van der Waals surface area (Å²) in [5, 5.41) is 0.885. The number of halogens is 2. The molecule has 1 heterocycles. The van der Waals surface area contributed by atoms with E-state index in [1.165, 1.54) is 19.1 Å². The quantitative estimate of drug-likeness (QED) is 0.836. The number of nitrogens with two attached hydrogens (primary N) is 1. The third-order valence-electron chi connectivity index (χ3n) is 2.88. The number of hydrogen-bond donors (Lipinski definition) is 2. The van der Waals surface area contributed by atoms with Gasteiger partial charge in [-0.1, -0.05) is 12.1 Å². The van der Waals surface area contributed by atoms with Crippen molar-refractivity contribution in [3.8, 4) is 0 Å². The molecule has 4 nitrogen and oxygen atoms in total. The lowest BCUT2D eigenvalue weighted by Crippen LogP contribution is -2.41. The molecule has 0 saturated heterocycles. The summed E-state index contributed by atoms with van der Waals surface area (Å²) in [6.07, 6.45) is 1.70. The standard InChI is InChI=1S/C13H14F2N2O2/c1-2-19-12(18)13(14,15)11(16)9-4-3-8-5-6-17-10(8)7-9/h3-7,11,17H,2,16H2,1H3/t11-/m0/s1. The van der Waals surface area contributed by atoms with Gasteiger partial charge in [-0.2, -0.15) is 8.78 Å². The summed E-state index contributed by atoms with van der Waals surface area (Å²) in [5.41, 5.74) is 6.36. The van der Waals surface area contributed by atoms with Gasteiger partial charge in [-0.25, -0.2) is 4.79 Å². The summed E-state index contributed by atoms with van der Waals surface area (Å²) < 4.78 is 31.9.